The second-order valence-electron chi connectivity index (χ2n) is 2.12. The molecule has 0 spiro atoms. The van der Waals surface area contributed by atoms with Crippen molar-refractivity contribution in [3.05, 3.63) is 17.0 Å². The van der Waals surface area contributed by atoms with Crippen molar-refractivity contribution in [3.63, 3.8) is 0 Å². The Bertz CT molecular complexity index is 407. The molecule has 0 fully saturated rings. The molecule has 0 aliphatic heterocycles. The topological polar surface area (TPSA) is 78.8 Å². The predicted octanol–water partition coefficient (Wildman–Crippen LogP) is 0.464. The highest BCUT2D eigenvalue weighted by Crippen LogP contribution is 2.20. The number of thiophene rings is 1. The van der Waals surface area contributed by atoms with Crippen molar-refractivity contribution in [2.75, 3.05) is 7.05 Å². The largest absolute Gasteiger partial charge is 0.411 e. The molecular formula is C6H8N2O3S2. The average molecular weight is 220 g/mol. The van der Waals surface area contributed by atoms with E-state index in [-0.39, 0.29) is 4.21 Å². The first-order valence-electron chi connectivity index (χ1n) is 3.30. The normalized spacial score (nSPS) is 12.4. The highest BCUT2D eigenvalue weighted by Gasteiger charge is 2.16. The minimum Gasteiger partial charge on any atom is -0.411 e. The van der Waals surface area contributed by atoms with Crippen LogP contribution in [0, 0.1) is 0 Å². The third-order valence-corrected chi connectivity index (χ3v) is 4.30. The van der Waals surface area contributed by atoms with Crippen molar-refractivity contribution in [2.45, 2.75) is 4.21 Å². The molecule has 1 rings (SSSR count). The predicted molar refractivity (Wildman–Crippen MR) is 49.9 cm³/mol. The van der Waals surface area contributed by atoms with E-state index in [1.165, 1.54) is 7.05 Å². The molecule has 0 aliphatic rings. The van der Waals surface area contributed by atoms with Crippen molar-refractivity contribution in [3.8, 4) is 0 Å². The second-order valence-corrected chi connectivity index (χ2v) is 5.11. The summed E-state index contributed by atoms with van der Waals surface area (Å²) in [5, 5.41) is 12.6. The molecule has 5 nitrogen and oxygen atoms in total. The van der Waals surface area contributed by atoms with Gasteiger partial charge in [-0.1, -0.05) is 5.16 Å². The molecule has 0 saturated carbocycles. The van der Waals surface area contributed by atoms with Crippen molar-refractivity contribution in [1.82, 2.24) is 4.72 Å². The molecule has 0 bridgehead atoms. The quantitative estimate of drug-likeness (QED) is 0.441. The third-order valence-electron chi connectivity index (χ3n) is 1.37. The summed E-state index contributed by atoms with van der Waals surface area (Å²) in [4.78, 5) is 0. The molecule has 0 amide bonds. The fourth-order valence-electron chi connectivity index (χ4n) is 0.774. The molecule has 13 heavy (non-hydrogen) atoms. The zero-order chi connectivity index (χ0) is 9.90. The van der Waals surface area contributed by atoms with E-state index in [0.29, 0.717) is 5.56 Å². The maximum Gasteiger partial charge on any atom is 0.250 e. The molecule has 0 unspecified atom stereocenters. The van der Waals surface area contributed by atoms with E-state index in [1.807, 2.05) is 0 Å². The van der Waals surface area contributed by atoms with Crippen molar-refractivity contribution in [2.24, 2.45) is 5.16 Å². The van der Waals surface area contributed by atoms with Crippen LogP contribution in [0.25, 0.3) is 0 Å². The number of hydrogen-bond acceptors (Lipinski definition) is 5. The first kappa shape index (κ1) is 10.2. The Balaban J connectivity index is 3.23. The maximum absolute atomic E-state index is 11.3. The summed E-state index contributed by atoms with van der Waals surface area (Å²) < 4.78 is 25.0. The van der Waals surface area contributed by atoms with Crippen LogP contribution in [-0.4, -0.2) is 26.9 Å². The molecule has 0 radical (unpaired) electrons. The van der Waals surface area contributed by atoms with Crippen LogP contribution in [0.2, 0.25) is 0 Å². The van der Waals surface area contributed by atoms with Gasteiger partial charge in [0.1, 0.15) is 4.21 Å². The zero-order valence-electron chi connectivity index (χ0n) is 6.76. The summed E-state index contributed by atoms with van der Waals surface area (Å²) in [5.41, 5.74) is 0.377. The Labute approximate surface area is 79.8 Å². The van der Waals surface area contributed by atoms with Gasteiger partial charge in [0.25, 0.3) is 0 Å². The Kier molecular flexibility index (Phi) is 3.02. The number of nitrogens with zero attached hydrogens (tertiary/aromatic N) is 1. The molecule has 0 aliphatic carbocycles. The number of sulfonamides is 1. The molecule has 1 heterocycles. The molecule has 1 aromatic heterocycles. The van der Waals surface area contributed by atoms with Crippen LogP contribution < -0.4 is 4.72 Å². The molecular weight excluding hydrogens is 212 g/mol. The smallest absolute Gasteiger partial charge is 0.250 e. The van der Waals surface area contributed by atoms with Crippen molar-refractivity contribution in [1.29, 1.82) is 0 Å². The van der Waals surface area contributed by atoms with E-state index in [1.54, 1.807) is 11.4 Å². The van der Waals surface area contributed by atoms with Gasteiger partial charge in [0.05, 0.1) is 6.21 Å². The SMILES string of the molecule is CNS(=O)(=O)c1sccc1C=NO. The number of hydrogen-bond donors (Lipinski definition) is 2. The summed E-state index contributed by atoms with van der Waals surface area (Å²) in [6.45, 7) is 0. The van der Waals surface area contributed by atoms with Gasteiger partial charge < -0.3 is 5.21 Å². The van der Waals surface area contributed by atoms with Gasteiger partial charge in [0.2, 0.25) is 10.0 Å². The molecule has 0 atom stereocenters. The lowest BCUT2D eigenvalue weighted by molar-refractivity contribution is 0.322. The van der Waals surface area contributed by atoms with Gasteiger partial charge in [-0.25, -0.2) is 13.1 Å². The van der Waals surface area contributed by atoms with Gasteiger partial charge in [0, 0.05) is 5.56 Å². The fraction of sp³-hybridized carbons (Fsp3) is 0.167. The van der Waals surface area contributed by atoms with Crippen molar-refractivity contribution < 1.29 is 13.6 Å². The van der Waals surface area contributed by atoms with Gasteiger partial charge in [-0.2, -0.15) is 0 Å². The number of nitrogens with one attached hydrogen (secondary N) is 1. The highest BCUT2D eigenvalue weighted by molar-refractivity contribution is 7.91. The number of oxime groups is 1. The summed E-state index contributed by atoms with van der Waals surface area (Å²) in [6.07, 6.45) is 1.08. The van der Waals surface area contributed by atoms with E-state index in [9.17, 15) is 8.42 Å². The Morgan fingerprint density at radius 2 is 2.38 bits per heavy atom. The van der Waals surface area contributed by atoms with Gasteiger partial charge in [0.15, 0.2) is 0 Å². The lowest BCUT2D eigenvalue weighted by Gasteiger charge is -1.98. The minimum absolute atomic E-state index is 0.146. The first-order chi connectivity index (χ1) is 6.11. The van der Waals surface area contributed by atoms with Crippen molar-refractivity contribution >= 4 is 27.6 Å². The summed E-state index contributed by atoms with van der Waals surface area (Å²) in [6, 6.07) is 1.56. The van der Waals surface area contributed by atoms with E-state index < -0.39 is 10.0 Å². The van der Waals surface area contributed by atoms with Crippen LogP contribution in [-0.2, 0) is 10.0 Å². The maximum atomic E-state index is 11.3. The summed E-state index contributed by atoms with van der Waals surface area (Å²) in [5.74, 6) is 0. The van der Waals surface area contributed by atoms with Crippen LogP contribution in [0.3, 0.4) is 0 Å². The molecule has 0 aromatic carbocycles. The molecule has 2 N–H and O–H groups in total. The average Bonchev–Trinajstić information content (AvgIpc) is 2.54. The lowest BCUT2D eigenvalue weighted by Crippen LogP contribution is -2.18. The molecule has 72 valence electrons. The van der Waals surface area contributed by atoms with Crippen LogP contribution in [0.4, 0.5) is 0 Å². The van der Waals surface area contributed by atoms with Gasteiger partial charge >= 0.3 is 0 Å². The summed E-state index contributed by atoms with van der Waals surface area (Å²) >= 11 is 1.07. The Hall–Kier alpha value is -0.920. The number of rotatable bonds is 3. The molecule has 1 aromatic rings. The Morgan fingerprint density at radius 1 is 1.69 bits per heavy atom. The van der Waals surface area contributed by atoms with Crippen LogP contribution >= 0.6 is 11.3 Å². The minimum atomic E-state index is -3.44. The molecule has 0 saturated heterocycles. The van der Waals surface area contributed by atoms with E-state index in [2.05, 4.69) is 9.88 Å². The van der Waals surface area contributed by atoms with Gasteiger partial charge in [-0.15, -0.1) is 11.3 Å². The Morgan fingerprint density at radius 3 is 2.92 bits per heavy atom. The molecule has 7 heteroatoms. The zero-order valence-corrected chi connectivity index (χ0v) is 8.39. The van der Waals surface area contributed by atoms with E-state index in [4.69, 9.17) is 5.21 Å². The second kappa shape index (κ2) is 3.86. The van der Waals surface area contributed by atoms with E-state index >= 15 is 0 Å². The first-order valence-corrected chi connectivity index (χ1v) is 5.66. The third kappa shape index (κ3) is 2.06. The summed E-state index contributed by atoms with van der Waals surface area (Å²) in [7, 11) is -2.11. The van der Waals surface area contributed by atoms with Gasteiger partial charge in [-0.05, 0) is 18.5 Å². The monoisotopic (exact) mass is 220 g/mol. The van der Waals surface area contributed by atoms with Crippen LogP contribution in [0.1, 0.15) is 5.56 Å². The van der Waals surface area contributed by atoms with Crippen LogP contribution in [0.15, 0.2) is 20.8 Å². The highest BCUT2D eigenvalue weighted by atomic mass is 32.2. The standard InChI is InChI=1S/C6H8N2O3S2/c1-7-13(10,11)6-5(4-8-9)2-3-12-6/h2-4,7,9H,1H3. The fourth-order valence-corrected chi connectivity index (χ4v) is 2.91. The van der Waals surface area contributed by atoms with Crippen LogP contribution in [0.5, 0.6) is 0 Å². The van der Waals surface area contributed by atoms with Gasteiger partial charge in [-0.3, -0.25) is 0 Å². The lowest BCUT2D eigenvalue weighted by atomic mass is 10.4. The van der Waals surface area contributed by atoms with E-state index in [0.717, 1.165) is 17.6 Å².